The second-order valence-corrected chi connectivity index (χ2v) is 6.95. The van der Waals surface area contributed by atoms with Crippen LogP contribution in [0.1, 0.15) is 25.3 Å². The molecule has 1 aromatic carbocycles. The Kier molecular flexibility index (Phi) is 8.35. The molecule has 25 heavy (non-hydrogen) atoms. The Balaban J connectivity index is 1.70. The summed E-state index contributed by atoms with van der Waals surface area (Å²) in [6, 6.07) is 5.81. The first-order valence-corrected chi connectivity index (χ1v) is 9.53. The number of nitrogens with zero attached hydrogens (tertiary/aromatic N) is 2. The van der Waals surface area contributed by atoms with Crippen LogP contribution in [0.4, 0.5) is 0 Å². The second-order valence-electron chi connectivity index (χ2n) is 6.54. The van der Waals surface area contributed by atoms with Crippen molar-refractivity contribution < 1.29 is 4.74 Å². The molecule has 1 aromatic rings. The molecule has 1 aliphatic rings. The van der Waals surface area contributed by atoms with E-state index in [1.54, 1.807) is 7.11 Å². The molecule has 140 valence electrons. The minimum atomic E-state index is 0.709. The average Bonchev–Trinajstić information content (AvgIpc) is 3.07. The summed E-state index contributed by atoms with van der Waals surface area (Å²) in [6.45, 7) is 7.64. The van der Waals surface area contributed by atoms with Crippen molar-refractivity contribution >= 4 is 17.6 Å². The topological polar surface area (TPSA) is 48.9 Å². The molecule has 6 heteroatoms. The van der Waals surface area contributed by atoms with E-state index in [0.717, 1.165) is 41.8 Å². The van der Waals surface area contributed by atoms with E-state index in [2.05, 4.69) is 27.4 Å². The lowest BCUT2D eigenvalue weighted by molar-refractivity contribution is 0.324. The monoisotopic (exact) mass is 366 g/mol. The van der Waals surface area contributed by atoms with E-state index in [0.29, 0.717) is 5.92 Å². The van der Waals surface area contributed by atoms with Crippen molar-refractivity contribution in [1.82, 2.24) is 15.5 Å². The minimum Gasteiger partial charge on any atom is -0.497 e. The number of benzene rings is 1. The zero-order valence-corrected chi connectivity index (χ0v) is 16.4. The zero-order chi connectivity index (χ0) is 18.1. The highest BCUT2D eigenvalue weighted by atomic mass is 35.5. The maximum Gasteiger partial charge on any atom is 0.190 e. The van der Waals surface area contributed by atoms with Crippen LogP contribution in [0, 0.1) is 5.92 Å². The number of ether oxygens (including phenoxy) is 1. The predicted molar refractivity (Wildman–Crippen MR) is 106 cm³/mol. The molecule has 0 aliphatic carbocycles. The number of aliphatic imine (C=N–C) groups is 1. The third kappa shape index (κ3) is 6.40. The fourth-order valence-electron chi connectivity index (χ4n) is 3.23. The molecule has 1 saturated heterocycles. The zero-order valence-electron chi connectivity index (χ0n) is 15.6. The van der Waals surface area contributed by atoms with Gasteiger partial charge in [-0.1, -0.05) is 24.6 Å². The predicted octanol–water partition coefficient (Wildman–Crippen LogP) is 2.79. The third-order valence-electron chi connectivity index (χ3n) is 4.64. The summed E-state index contributed by atoms with van der Waals surface area (Å²) < 4.78 is 5.18. The number of guanidine groups is 1. The van der Waals surface area contributed by atoms with Gasteiger partial charge in [0.2, 0.25) is 0 Å². The van der Waals surface area contributed by atoms with Crippen molar-refractivity contribution in [3.8, 4) is 5.75 Å². The van der Waals surface area contributed by atoms with Gasteiger partial charge in [-0.25, -0.2) is 0 Å². The highest BCUT2D eigenvalue weighted by Crippen LogP contribution is 2.22. The van der Waals surface area contributed by atoms with Crippen LogP contribution in [-0.4, -0.2) is 57.7 Å². The maximum atomic E-state index is 6.29. The van der Waals surface area contributed by atoms with E-state index in [4.69, 9.17) is 16.3 Å². The van der Waals surface area contributed by atoms with Crippen LogP contribution >= 0.6 is 11.6 Å². The molecule has 1 atom stereocenters. The number of methoxy groups -OCH3 is 1. The standard InChI is InChI=1S/C19H31ClN4O/c1-4-10-24-11-8-15(14-24)13-23-19(21-2)22-9-7-16-5-6-17(25-3)12-18(16)20/h5-6,12,15H,4,7-11,13-14H2,1-3H3,(H2,21,22,23). The van der Waals surface area contributed by atoms with E-state index in [1.807, 2.05) is 25.2 Å². The van der Waals surface area contributed by atoms with Crippen molar-refractivity contribution in [3.63, 3.8) is 0 Å². The van der Waals surface area contributed by atoms with E-state index in [1.165, 1.54) is 32.5 Å². The van der Waals surface area contributed by atoms with Crippen LogP contribution in [0.3, 0.4) is 0 Å². The number of nitrogens with one attached hydrogen (secondary N) is 2. The van der Waals surface area contributed by atoms with Crippen molar-refractivity contribution in [2.45, 2.75) is 26.2 Å². The molecule has 0 bridgehead atoms. The van der Waals surface area contributed by atoms with Crippen LogP contribution in [0.2, 0.25) is 5.02 Å². The lowest BCUT2D eigenvalue weighted by Crippen LogP contribution is -2.41. The van der Waals surface area contributed by atoms with Gasteiger partial charge in [0.15, 0.2) is 5.96 Å². The average molecular weight is 367 g/mol. The number of hydrogen-bond donors (Lipinski definition) is 2. The van der Waals surface area contributed by atoms with Gasteiger partial charge in [-0.3, -0.25) is 4.99 Å². The normalized spacial score (nSPS) is 18.4. The quantitative estimate of drug-likeness (QED) is 0.548. The maximum absolute atomic E-state index is 6.29. The molecular formula is C19H31ClN4O. The Hall–Kier alpha value is -1.46. The number of halogens is 1. The van der Waals surface area contributed by atoms with E-state index in [9.17, 15) is 0 Å². The van der Waals surface area contributed by atoms with Crippen LogP contribution in [0.15, 0.2) is 23.2 Å². The lowest BCUT2D eigenvalue weighted by Gasteiger charge is -2.17. The van der Waals surface area contributed by atoms with Gasteiger partial charge in [0.05, 0.1) is 7.11 Å². The highest BCUT2D eigenvalue weighted by molar-refractivity contribution is 6.31. The van der Waals surface area contributed by atoms with E-state index in [-0.39, 0.29) is 0 Å². The van der Waals surface area contributed by atoms with E-state index < -0.39 is 0 Å². The van der Waals surface area contributed by atoms with Crippen LogP contribution < -0.4 is 15.4 Å². The molecule has 5 nitrogen and oxygen atoms in total. The van der Waals surface area contributed by atoms with Crippen LogP contribution in [0.5, 0.6) is 5.75 Å². The molecule has 1 fully saturated rings. The van der Waals surface area contributed by atoms with Crippen molar-refractivity contribution in [2.75, 3.05) is 46.9 Å². The third-order valence-corrected chi connectivity index (χ3v) is 4.99. The van der Waals surface area contributed by atoms with Gasteiger partial charge in [0, 0.05) is 31.7 Å². The fraction of sp³-hybridized carbons (Fsp3) is 0.632. The van der Waals surface area contributed by atoms with Gasteiger partial charge >= 0.3 is 0 Å². The number of hydrogen-bond acceptors (Lipinski definition) is 3. The fourth-order valence-corrected chi connectivity index (χ4v) is 3.50. The Labute approximate surface area is 156 Å². The van der Waals surface area contributed by atoms with E-state index >= 15 is 0 Å². The van der Waals surface area contributed by atoms with Crippen molar-refractivity contribution in [1.29, 1.82) is 0 Å². The Bertz CT molecular complexity index is 564. The molecule has 0 aromatic heterocycles. The Morgan fingerprint density at radius 2 is 2.24 bits per heavy atom. The molecule has 0 spiro atoms. The smallest absolute Gasteiger partial charge is 0.190 e. The van der Waals surface area contributed by atoms with Crippen LogP contribution in [0.25, 0.3) is 0 Å². The molecule has 1 unspecified atom stereocenters. The molecular weight excluding hydrogens is 336 g/mol. The molecule has 2 N–H and O–H groups in total. The minimum absolute atomic E-state index is 0.709. The summed E-state index contributed by atoms with van der Waals surface area (Å²) in [4.78, 5) is 6.86. The van der Waals surface area contributed by atoms with Gasteiger partial charge in [0.25, 0.3) is 0 Å². The Morgan fingerprint density at radius 3 is 2.92 bits per heavy atom. The summed E-state index contributed by atoms with van der Waals surface area (Å²) in [5, 5.41) is 7.56. The summed E-state index contributed by atoms with van der Waals surface area (Å²) in [5.41, 5.74) is 1.11. The summed E-state index contributed by atoms with van der Waals surface area (Å²) in [6.07, 6.45) is 3.35. The molecule has 0 amide bonds. The van der Waals surface area contributed by atoms with Crippen molar-refractivity contribution in [3.05, 3.63) is 28.8 Å². The first-order chi connectivity index (χ1) is 12.2. The molecule has 1 heterocycles. The molecule has 0 saturated carbocycles. The molecule has 2 rings (SSSR count). The first kappa shape index (κ1) is 19.9. The summed E-state index contributed by atoms with van der Waals surface area (Å²) >= 11 is 6.29. The summed E-state index contributed by atoms with van der Waals surface area (Å²) in [5.74, 6) is 2.35. The van der Waals surface area contributed by atoms with Gasteiger partial charge < -0.3 is 20.3 Å². The van der Waals surface area contributed by atoms with Gasteiger partial charge in [-0.2, -0.15) is 0 Å². The van der Waals surface area contributed by atoms with Gasteiger partial charge in [-0.15, -0.1) is 0 Å². The largest absolute Gasteiger partial charge is 0.497 e. The lowest BCUT2D eigenvalue weighted by atomic mass is 10.1. The first-order valence-electron chi connectivity index (χ1n) is 9.15. The highest BCUT2D eigenvalue weighted by Gasteiger charge is 2.21. The Morgan fingerprint density at radius 1 is 1.40 bits per heavy atom. The molecule has 1 aliphatic heterocycles. The number of rotatable bonds is 8. The second kappa shape index (κ2) is 10.5. The number of likely N-dealkylation sites (tertiary alicyclic amines) is 1. The van der Waals surface area contributed by atoms with Gasteiger partial charge in [0.1, 0.15) is 5.75 Å². The van der Waals surface area contributed by atoms with Crippen molar-refractivity contribution in [2.24, 2.45) is 10.9 Å². The molecule has 0 radical (unpaired) electrons. The van der Waals surface area contributed by atoms with Crippen LogP contribution in [-0.2, 0) is 6.42 Å². The van der Waals surface area contributed by atoms with Gasteiger partial charge in [-0.05, 0) is 56.0 Å². The summed E-state index contributed by atoms with van der Waals surface area (Å²) in [7, 11) is 3.46. The SMILES string of the molecule is CCCN1CCC(CNC(=NC)NCCc2ccc(OC)cc2Cl)C1.